The number of nitrogens with zero attached hydrogens (tertiary/aromatic N) is 1. The Morgan fingerprint density at radius 1 is 1.40 bits per heavy atom. The van der Waals surface area contributed by atoms with Crippen LogP contribution in [0.3, 0.4) is 0 Å². The highest BCUT2D eigenvalue weighted by Crippen LogP contribution is 2.17. The largest absolute Gasteiger partial charge is 0.491 e. The lowest BCUT2D eigenvalue weighted by molar-refractivity contribution is 0.242. The van der Waals surface area contributed by atoms with Gasteiger partial charge in [0.1, 0.15) is 5.75 Å². The van der Waals surface area contributed by atoms with E-state index in [-0.39, 0.29) is 11.7 Å². The molecule has 0 bridgehead atoms. The molecule has 1 N–H and O–H groups in total. The van der Waals surface area contributed by atoms with Gasteiger partial charge in [0.25, 0.3) is 5.56 Å². The van der Waals surface area contributed by atoms with Crippen molar-refractivity contribution >= 4 is 10.9 Å². The molecule has 0 saturated heterocycles. The number of ether oxygens (including phenoxy) is 1. The molecular formula is C11H12N2O2. The lowest BCUT2D eigenvalue weighted by atomic mass is 10.2. The molecule has 0 aliphatic heterocycles. The van der Waals surface area contributed by atoms with Crippen LogP contribution in [0.4, 0.5) is 0 Å². The van der Waals surface area contributed by atoms with Gasteiger partial charge in [-0.3, -0.25) is 4.79 Å². The van der Waals surface area contributed by atoms with Crippen LogP contribution < -0.4 is 10.3 Å². The van der Waals surface area contributed by atoms with Crippen LogP contribution in [0.25, 0.3) is 10.9 Å². The van der Waals surface area contributed by atoms with Crippen molar-refractivity contribution in [2.75, 3.05) is 0 Å². The van der Waals surface area contributed by atoms with Gasteiger partial charge >= 0.3 is 0 Å². The Morgan fingerprint density at radius 2 is 2.20 bits per heavy atom. The number of aromatic amines is 1. The second-order valence-electron chi connectivity index (χ2n) is 3.58. The van der Waals surface area contributed by atoms with Crippen molar-refractivity contribution in [2.24, 2.45) is 0 Å². The summed E-state index contributed by atoms with van der Waals surface area (Å²) in [4.78, 5) is 18.0. The summed E-state index contributed by atoms with van der Waals surface area (Å²) in [5.74, 6) is 0.732. The summed E-state index contributed by atoms with van der Waals surface area (Å²) >= 11 is 0. The Hall–Kier alpha value is -1.84. The Balaban J connectivity index is 2.52. The molecule has 0 aliphatic carbocycles. The molecule has 0 amide bonds. The first-order chi connectivity index (χ1) is 7.16. The van der Waals surface area contributed by atoms with Crippen molar-refractivity contribution in [1.29, 1.82) is 0 Å². The summed E-state index contributed by atoms with van der Waals surface area (Å²) in [7, 11) is 0. The molecule has 2 rings (SSSR count). The number of hydrogen-bond acceptors (Lipinski definition) is 3. The lowest BCUT2D eigenvalue weighted by Crippen LogP contribution is -2.08. The van der Waals surface area contributed by atoms with Crippen molar-refractivity contribution in [1.82, 2.24) is 9.97 Å². The number of H-pyrrole nitrogens is 1. The van der Waals surface area contributed by atoms with E-state index in [4.69, 9.17) is 4.74 Å². The molecule has 1 aromatic carbocycles. The predicted octanol–water partition coefficient (Wildman–Crippen LogP) is 1.71. The molecule has 0 radical (unpaired) electrons. The number of hydrogen-bond donors (Lipinski definition) is 1. The van der Waals surface area contributed by atoms with E-state index in [0.29, 0.717) is 10.9 Å². The fourth-order valence-corrected chi connectivity index (χ4v) is 1.39. The Kier molecular flexibility index (Phi) is 2.41. The van der Waals surface area contributed by atoms with E-state index < -0.39 is 0 Å². The molecule has 0 spiro atoms. The van der Waals surface area contributed by atoms with Gasteiger partial charge in [-0.25, -0.2) is 4.98 Å². The maximum atomic E-state index is 11.4. The molecule has 4 nitrogen and oxygen atoms in total. The average Bonchev–Trinajstić information content (AvgIpc) is 2.17. The van der Waals surface area contributed by atoms with Crippen LogP contribution in [0.1, 0.15) is 13.8 Å². The molecule has 0 atom stereocenters. The summed E-state index contributed by atoms with van der Waals surface area (Å²) in [6.45, 7) is 3.91. The van der Waals surface area contributed by atoms with Crippen LogP contribution in [0.5, 0.6) is 5.75 Å². The number of benzene rings is 1. The van der Waals surface area contributed by atoms with Gasteiger partial charge < -0.3 is 9.72 Å². The van der Waals surface area contributed by atoms with Crippen molar-refractivity contribution < 1.29 is 4.74 Å². The van der Waals surface area contributed by atoms with E-state index in [0.717, 1.165) is 5.75 Å². The molecule has 1 heterocycles. The van der Waals surface area contributed by atoms with Crippen molar-refractivity contribution in [3.63, 3.8) is 0 Å². The van der Waals surface area contributed by atoms with Gasteiger partial charge in [0.05, 0.1) is 23.3 Å². The summed E-state index contributed by atoms with van der Waals surface area (Å²) in [5.41, 5.74) is 0.521. The van der Waals surface area contributed by atoms with E-state index in [1.54, 1.807) is 18.2 Å². The first kappa shape index (κ1) is 9.71. The van der Waals surface area contributed by atoms with E-state index >= 15 is 0 Å². The zero-order valence-electron chi connectivity index (χ0n) is 8.65. The summed E-state index contributed by atoms with van der Waals surface area (Å²) in [6, 6.07) is 5.27. The first-order valence-electron chi connectivity index (χ1n) is 4.81. The normalized spacial score (nSPS) is 10.9. The fourth-order valence-electron chi connectivity index (χ4n) is 1.39. The summed E-state index contributed by atoms with van der Waals surface area (Å²) in [5, 5.41) is 0.577. The first-order valence-corrected chi connectivity index (χ1v) is 4.81. The Morgan fingerprint density at radius 3 is 2.93 bits per heavy atom. The van der Waals surface area contributed by atoms with Crippen LogP contribution in [-0.2, 0) is 0 Å². The molecule has 0 saturated carbocycles. The molecule has 78 valence electrons. The summed E-state index contributed by atoms with van der Waals surface area (Å²) < 4.78 is 5.51. The molecule has 1 aromatic heterocycles. The van der Waals surface area contributed by atoms with E-state index in [2.05, 4.69) is 9.97 Å². The minimum atomic E-state index is -0.129. The summed E-state index contributed by atoms with van der Waals surface area (Å²) in [6.07, 6.45) is 1.51. The highest BCUT2D eigenvalue weighted by Gasteiger charge is 2.02. The van der Waals surface area contributed by atoms with Crippen LogP contribution >= 0.6 is 0 Å². The molecule has 0 fully saturated rings. The molecule has 0 aliphatic rings. The number of fused-ring (bicyclic) bond motifs is 1. The van der Waals surface area contributed by atoms with Crippen LogP contribution in [-0.4, -0.2) is 16.1 Å². The van der Waals surface area contributed by atoms with Gasteiger partial charge in [-0.05, 0) is 26.0 Å². The molecule has 0 unspecified atom stereocenters. The van der Waals surface area contributed by atoms with Gasteiger partial charge in [-0.15, -0.1) is 0 Å². The van der Waals surface area contributed by atoms with E-state index in [9.17, 15) is 4.79 Å². The zero-order chi connectivity index (χ0) is 10.8. The quantitative estimate of drug-likeness (QED) is 0.810. The third-order valence-electron chi connectivity index (χ3n) is 1.98. The fraction of sp³-hybridized carbons (Fsp3) is 0.273. The van der Waals surface area contributed by atoms with Crippen molar-refractivity contribution in [3.05, 3.63) is 34.9 Å². The second kappa shape index (κ2) is 3.73. The van der Waals surface area contributed by atoms with Gasteiger partial charge in [0, 0.05) is 6.07 Å². The predicted molar refractivity (Wildman–Crippen MR) is 58.1 cm³/mol. The Bertz CT molecular complexity index is 531. The van der Waals surface area contributed by atoms with Crippen LogP contribution in [0.2, 0.25) is 0 Å². The third-order valence-corrected chi connectivity index (χ3v) is 1.98. The van der Waals surface area contributed by atoms with Gasteiger partial charge in [0.15, 0.2) is 0 Å². The number of nitrogens with one attached hydrogen (secondary N) is 1. The smallest absolute Gasteiger partial charge is 0.258 e. The third kappa shape index (κ3) is 1.98. The second-order valence-corrected chi connectivity index (χ2v) is 3.58. The molecular weight excluding hydrogens is 192 g/mol. The van der Waals surface area contributed by atoms with Gasteiger partial charge in [0.2, 0.25) is 0 Å². The number of aromatic nitrogens is 2. The van der Waals surface area contributed by atoms with E-state index in [1.165, 1.54) is 6.33 Å². The zero-order valence-corrected chi connectivity index (χ0v) is 8.65. The van der Waals surface area contributed by atoms with Gasteiger partial charge in [-0.1, -0.05) is 0 Å². The highest BCUT2D eigenvalue weighted by atomic mass is 16.5. The highest BCUT2D eigenvalue weighted by molar-refractivity contribution is 5.78. The maximum Gasteiger partial charge on any atom is 0.258 e. The monoisotopic (exact) mass is 204 g/mol. The topological polar surface area (TPSA) is 55.0 Å². The molecule has 15 heavy (non-hydrogen) atoms. The molecule has 2 aromatic rings. The minimum absolute atomic E-state index is 0.115. The molecule has 4 heteroatoms. The van der Waals surface area contributed by atoms with Crippen molar-refractivity contribution in [2.45, 2.75) is 20.0 Å². The van der Waals surface area contributed by atoms with Gasteiger partial charge in [-0.2, -0.15) is 0 Å². The van der Waals surface area contributed by atoms with Crippen LogP contribution in [0.15, 0.2) is 29.3 Å². The van der Waals surface area contributed by atoms with Crippen molar-refractivity contribution in [3.8, 4) is 5.75 Å². The average molecular weight is 204 g/mol. The number of rotatable bonds is 2. The minimum Gasteiger partial charge on any atom is -0.491 e. The van der Waals surface area contributed by atoms with Crippen LogP contribution in [0, 0.1) is 0 Å². The standard InChI is InChI=1S/C11H12N2O2/c1-7(2)15-8-3-4-9-10(5-8)12-6-13-11(9)14/h3-7H,1-2H3,(H,12,13,14). The SMILES string of the molecule is CC(C)Oc1ccc2c(=O)[nH]cnc2c1. The van der Waals surface area contributed by atoms with E-state index in [1.807, 2.05) is 13.8 Å². The maximum absolute atomic E-state index is 11.4. The lowest BCUT2D eigenvalue weighted by Gasteiger charge is -2.09. The Labute approximate surface area is 86.9 Å².